The number of rotatable bonds is 4. The van der Waals surface area contributed by atoms with Crippen molar-refractivity contribution in [2.75, 3.05) is 5.32 Å². The molecule has 2 rings (SSSR count). The Morgan fingerprint density at radius 3 is 2.94 bits per heavy atom. The second-order valence-electron chi connectivity index (χ2n) is 3.68. The molecule has 0 bridgehead atoms. The fourth-order valence-corrected chi connectivity index (χ4v) is 1.54. The second kappa shape index (κ2) is 4.66. The highest BCUT2D eigenvalue weighted by molar-refractivity contribution is 5.50. The van der Waals surface area contributed by atoms with E-state index < -0.39 is 0 Å². The molecule has 0 saturated carbocycles. The molecule has 0 spiro atoms. The maximum Gasteiger partial charge on any atom is 0.0543 e. The van der Waals surface area contributed by atoms with Gasteiger partial charge in [-0.05, 0) is 18.6 Å². The zero-order valence-electron chi connectivity index (χ0n) is 9.35. The lowest BCUT2D eigenvalue weighted by atomic mass is 10.2. The maximum absolute atomic E-state index is 4.13. The summed E-state index contributed by atoms with van der Waals surface area (Å²) in [7, 11) is 0. The minimum Gasteiger partial charge on any atom is -0.381 e. The van der Waals surface area contributed by atoms with Crippen LogP contribution < -0.4 is 5.32 Å². The molecule has 0 aliphatic rings. The van der Waals surface area contributed by atoms with Gasteiger partial charge in [0.2, 0.25) is 0 Å². The van der Waals surface area contributed by atoms with Gasteiger partial charge in [0.05, 0.1) is 6.20 Å². The first-order chi connectivity index (χ1) is 7.79. The summed E-state index contributed by atoms with van der Waals surface area (Å²) in [6.45, 7) is 6.53. The third-order valence-electron chi connectivity index (χ3n) is 2.47. The fourth-order valence-electron chi connectivity index (χ4n) is 1.54. The minimum atomic E-state index is 0.776. The van der Waals surface area contributed by atoms with E-state index in [1.54, 1.807) is 10.9 Å². The molecule has 0 saturated heterocycles. The summed E-state index contributed by atoms with van der Waals surface area (Å²) in [5, 5.41) is 7.51. The molecule has 0 atom stereocenters. The lowest BCUT2D eigenvalue weighted by molar-refractivity contribution is 0.936. The molecule has 3 nitrogen and oxygen atoms in total. The average molecular weight is 213 g/mol. The summed E-state index contributed by atoms with van der Waals surface area (Å²) in [6.07, 6.45) is 5.47. The van der Waals surface area contributed by atoms with Crippen molar-refractivity contribution < 1.29 is 0 Å². The number of hydrogen-bond donors (Lipinski definition) is 1. The van der Waals surface area contributed by atoms with Crippen LogP contribution in [0, 0.1) is 6.92 Å². The molecule has 1 aromatic carbocycles. The molecule has 0 unspecified atom stereocenters. The van der Waals surface area contributed by atoms with Gasteiger partial charge >= 0.3 is 0 Å². The van der Waals surface area contributed by atoms with Crippen LogP contribution >= 0.6 is 0 Å². The van der Waals surface area contributed by atoms with Crippen molar-refractivity contribution in [1.29, 1.82) is 0 Å². The lowest BCUT2D eigenvalue weighted by Crippen LogP contribution is -1.99. The predicted octanol–water partition coefficient (Wildman–Crippen LogP) is 2.90. The Hall–Kier alpha value is -2.03. The molecule has 0 aliphatic heterocycles. The molecule has 0 amide bonds. The number of anilines is 1. The first kappa shape index (κ1) is 10.5. The Bertz CT molecular complexity index is 485. The quantitative estimate of drug-likeness (QED) is 0.846. The van der Waals surface area contributed by atoms with Crippen LogP contribution in [-0.2, 0) is 6.54 Å². The van der Waals surface area contributed by atoms with Gasteiger partial charge in [0.1, 0.15) is 0 Å². The first-order valence-corrected chi connectivity index (χ1v) is 5.24. The Morgan fingerprint density at radius 2 is 2.25 bits per heavy atom. The lowest BCUT2D eigenvalue weighted by Gasteiger charge is -2.07. The largest absolute Gasteiger partial charge is 0.381 e. The van der Waals surface area contributed by atoms with Crippen LogP contribution in [-0.4, -0.2) is 9.78 Å². The summed E-state index contributed by atoms with van der Waals surface area (Å²) >= 11 is 0. The summed E-state index contributed by atoms with van der Waals surface area (Å²) in [4.78, 5) is 0. The van der Waals surface area contributed by atoms with Gasteiger partial charge in [-0.3, -0.25) is 0 Å². The highest BCUT2D eigenvalue weighted by Gasteiger charge is 1.98. The number of aryl methyl sites for hydroxylation is 1. The fraction of sp³-hybridized carbons (Fsp3) is 0.154. The second-order valence-corrected chi connectivity index (χ2v) is 3.68. The smallest absolute Gasteiger partial charge is 0.0543 e. The monoisotopic (exact) mass is 213 g/mol. The molecule has 0 radical (unpaired) electrons. The van der Waals surface area contributed by atoms with Gasteiger partial charge in [-0.1, -0.05) is 24.8 Å². The van der Waals surface area contributed by atoms with Gasteiger partial charge < -0.3 is 5.32 Å². The summed E-state index contributed by atoms with van der Waals surface area (Å²) in [5.41, 5.74) is 3.55. The van der Waals surface area contributed by atoms with E-state index in [0.717, 1.165) is 17.8 Å². The molecule has 1 N–H and O–H groups in total. The van der Waals surface area contributed by atoms with Crippen LogP contribution in [0.15, 0.2) is 43.2 Å². The van der Waals surface area contributed by atoms with Crippen LogP contribution in [0.1, 0.15) is 11.1 Å². The average Bonchev–Trinajstić information content (AvgIpc) is 2.76. The van der Waals surface area contributed by atoms with Gasteiger partial charge in [0, 0.05) is 30.2 Å². The molecular formula is C13H15N3. The number of nitrogens with one attached hydrogen (secondary N) is 1. The van der Waals surface area contributed by atoms with E-state index in [9.17, 15) is 0 Å². The predicted molar refractivity (Wildman–Crippen MR) is 67.1 cm³/mol. The third-order valence-corrected chi connectivity index (χ3v) is 2.47. The van der Waals surface area contributed by atoms with E-state index in [1.165, 1.54) is 5.56 Å². The van der Waals surface area contributed by atoms with Gasteiger partial charge in [0.25, 0.3) is 0 Å². The van der Waals surface area contributed by atoms with Crippen molar-refractivity contribution in [3.05, 3.63) is 54.4 Å². The van der Waals surface area contributed by atoms with Crippen molar-refractivity contribution in [2.24, 2.45) is 0 Å². The van der Waals surface area contributed by atoms with Crippen molar-refractivity contribution >= 4 is 11.9 Å². The van der Waals surface area contributed by atoms with E-state index in [4.69, 9.17) is 0 Å². The Labute approximate surface area is 95.4 Å². The normalized spacial score (nSPS) is 10.1. The molecule has 0 aliphatic carbocycles. The zero-order valence-corrected chi connectivity index (χ0v) is 9.35. The number of benzene rings is 1. The van der Waals surface area contributed by atoms with Crippen molar-refractivity contribution in [3.8, 4) is 0 Å². The van der Waals surface area contributed by atoms with E-state index in [-0.39, 0.29) is 0 Å². The van der Waals surface area contributed by atoms with Crippen LogP contribution in [0.2, 0.25) is 0 Å². The molecule has 1 aromatic heterocycles. The van der Waals surface area contributed by atoms with Crippen molar-refractivity contribution in [1.82, 2.24) is 9.78 Å². The molecular weight excluding hydrogens is 198 g/mol. The van der Waals surface area contributed by atoms with Crippen LogP contribution in [0.4, 0.5) is 5.69 Å². The topological polar surface area (TPSA) is 29.9 Å². The molecule has 2 aromatic rings. The summed E-state index contributed by atoms with van der Waals surface area (Å²) in [5.74, 6) is 0. The third kappa shape index (κ3) is 2.31. The molecule has 0 fully saturated rings. The van der Waals surface area contributed by atoms with Gasteiger partial charge in [-0.15, -0.1) is 0 Å². The Morgan fingerprint density at radius 1 is 1.44 bits per heavy atom. The van der Waals surface area contributed by atoms with E-state index in [2.05, 4.69) is 36.1 Å². The van der Waals surface area contributed by atoms with E-state index in [1.807, 2.05) is 24.5 Å². The maximum atomic E-state index is 4.13. The minimum absolute atomic E-state index is 0.776. The van der Waals surface area contributed by atoms with Crippen LogP contribution in [0.5, 0.6) is 0 Å². The zero-order chi connectivity index (χ0) is 11.4. The number of hydrogen-bond acceptors (Lipinski definition) is 2. The highest BCUT2D eigenvalue weighted by Crippen LogP contribution is 2.14. The number of aromatic nitrogens is 2. The summed E-state index contributed by atoms with van der Waals surface area (Å²) < 4.78 is 1.70. The standard InChI is InChI=1S/C13H15N3/c1-3-16-10-12(9-15-16)8-14-13-7-5-4-6-11(13)2/h3-7,9-10,14H,1,8H2,2H3. The van der Waals surface area contributed by atoms with E-state index >= 15 is 0 Å². The Balaban J connectivity index is 2.02. The number of para-hydroxylation sites is 1. The van der Waals surface area contributed by atoms with Crippen LogP contribution in [0.3, 0.4) is 0 Å². The van der Waals surface area contributed by atoms with E-state index in [0.29, 0.717) is 0 Å². The molecule has 1 heterocycles. The van der Waals surface area contributed by atoms with Gasteiger partial charge in [-0.2, -0.15) is 5.10 Å². The first-order valence-electron chi connectivity index (χ1n) is 5.24. The number of nitrogens with zero attached hydrogens (tertiary/aromatic N) is 2. The van der Waals surface area contributed by atoms with Crippen LogP contribution in [0.25, 0.3) is 6.20 Å². The SMILES string of the molecule is C=Cn1cc(CNc2ccccc2C)cn1. The molecule has 3 heteroatoms. The Kier molecular flexibility index (Phi) is 3.05. The molecule has 82 valence electrons. The molecule has 16 heavy (non-hydrogen) atoms. The highest BCUT2D eigenvalue weighted by atomic mass is 15.2. The van der Waals surface area contributed by atoms with Gasteiger partial charge in [-0.25, -0.2) is 4.68 Å². The van der Waals surface area contributed by atoms with Crippen molar-refractivity contribution in [2.45, 2.75) is 13.5 Å². The van der Waals surface area contributed by atoms with Crippen molar-refractivity contribution in [3.63, 3.8) is 0 Å². The summed E-state index contributed by atoms with van der Waals surface area (Å²) in [6, 6.07) is 8.24. The van der Waals surface area contributed by atoms with Gasteiger partial charge in [0.15, 0.2) is 0 Å².